The molecule has 1 aromatic heterocycles. The molecule has 0 aliphatic carbocycles. The van der Waals surface area contributed by atoms with Crippen molar-refractivity contribution in [3.63, 3.8) is 0 Å². The van der Waals surface area contributed by atoms with E-state index in [0.717, 1.165) is 30.3 Å². The van der Waals surface area contributed by atoms with Crippen molar-refractivity contribution in [3.05, 3.63) is 46.4 Å². The highest BCUT2D eigenvalue weighted by molar-refractivity contribution is 6.35. The molecular weight excluding hydrogens is 281 g/mol. The molecule has 3 nitrogen and oxygen atoms in total. The minimum atomic E-state index is 0.609. The molecule has 2 rings (SSSR count). The lowest BCUT2D eigenvalue weighted by Gasteiger charge is -2.10. The number of hydrogen-bond donors (Lipinski definition) is 2. The Labute approximate surface area is 123 Å². The molecule has 0 aliphatic rings. The molecule has 1 heterocycles. The van der Waals surface area contributed by atoms with Crippen molar-refractivity contribution in [3.8, 4) is 0 Å². The SMILES string of the molecule is CCCNc1cccc(Nc2cc(Cl)ccc2Cl)n1. The third kappa shape index (κ3) is 4.01. The van der Waals surface area contributed by atoms with Crippen LogP contribution in [0.15, 0.2) is 36.4 Å². The molecule has 100 valence electrons. The summed E-state index contributed by atoms with van der Waals surface area (Å²) in [7, 11) is 0. The highest BCUT2D eigenvalue weighted by Gasteiger charge is 2.03. The maximum absolute atomic E-state index is 6.10. The standard InChI is InChI=1S/C14H15Cl2N3/c1-2-8-17-13-4-3-5-14(19-13)18-12-9-10(15)6-7-11(12)16/h3-7,9H,2,8H2,1H3,(H2,17,18,19). The van der Waals surface area contributed by atoms with Gasteiger partial charge in [-0.15, -0.1) is 0 Å². The van der Waals surface area contributed by atoms with Crippen LogP contribution in [0.3, 0.4) is 0 Å². The van der Waals surface area contributed by atoms with Crippen LogP contribution in [0.2, 0.25) is 10.0 Å². The third-order valence-corrected chi connectivity index (χ3v) is 3.06. The Hall–Kier alpha value is -1.45. The average Bonchev–Trinajstić information content (AvgIpc) is 2.41. The van der Waals surface area contributed by atoms with Crippen molar-refractivity contribution >= 4 is 40.5 Å². The van der Waals surface area contributed by atoms with E-state index in [1.54, 1.807) is 18.2 Å². The molecular formula is C14H15Cl2N3. The summed E-state index contributed by atoms with van der Waals surface area (Å²) in [6.45, 7) is 3.01. The highest BCUT2D eigenvalue weighted by Crippen LogP contribution is 2.28. The molecule has 0 aliphatic heterocycles. The van der Waals surface area contributed by atoms with Crippen molar-refractivity contribution in [1.29, 1.82) is 0 Å². The van der Waals surface area contributed by atoms with Crippen LogP contribution < -0.4 is 10.6 Å². The summed E-state index contributed by atoms with van der Waals surface area (Å²) in [5, 5.41) is 7.64. The summed E-state index contributed by atoms with van der Waals surface area (Å²) in [6.07, 6.45) is 1.06. The fourth-order valence-corrected chi connectivity index (χ4v) is 1.92. The van der Waals surface area contributed by atoms with E-state index in [2.05, 4.69) is 22.5 Å². The Morgan fingerprint density at radius 2 is 1.89 bits per heavy atom. The zero-order valence-corrected chi connectivity index (χ0v) is 12.1. The van der Waals surface area contributed by atoms with Crippen molar-refractivity contribution < 1.29 is 0 Å². The van der Waals surface area contributed by atoms with Gasteiger partial charge in [0, 0.05) is 11.6 Å². The third-order valence-electron chi connectivity index (χ3n) is 2.50. The van der Waals surface area contributed by atoms with Gasteiger partial charge in [-0.1, -0.05) is 36.2 Å². The molecule has 0 unspecified atom stereocenters. The maximum Gasteiger partial charge on any atom is 0.132 e. The van der Waals surface area contributed by atoms with Crippen LogP contribution in [0.5, 0.6) is 0 Å². The topological polar surface area (TPSA) is 37.0 Å². The number of aromatic nitrogens is 1. The van der Waals surface area contributed by atoms with Gasteiger partial charge >= 0.3 is 0 Å². The Morgan fingerprint density at radius 1 is 1.11 bits per heavy atom. The second-order valence-corrected chi connectivity index (χ2v) is 4.93. The fourth-order valence-electron chi connectivity index (χ4n) is 1.59. The molecule has 0 amide bonds. The van der Waals surface area contributed by atoms with Gasteiger partial charge in [-0.05, 0) is 36.8 Å². The van der Waals surface area contributed by atoms with Crippen LogP contribution in [0.25, 0.3) is 0 Å². The van der Waals surface area contributed by atoms with E-state index in [0.29, 0.717) is 10.0 Å². The molecule has 2 aromatic rings. The summed E-state index contributed by atoms with van der Waals surface area (Å²) >= 11 is 12.1. The van der Waals surface area contributed by atoms with Gasteiger partial charge in [0.15, 0.2) is 0 Å². The normalized spacial score (nSPS) is 10.3. The first-order chi connectivity index (χ1) is 9.19. The van der Waals surface area contributed by atoms with E-state index in [9.17, 15) is 0 Å². The first kappa shape index (κ1) is 14.0. The number of halogens is 2. The lowest BCUT2D eigenvalue weighted by molar-refractivity contribution is 0.970. The van der Waals surface area contributed by atoms with Crippen LogP contribution in [-0.2, 0) is 0 Å². The monoisotopic (exact) mass is 295 g/mol. The molecule has 0 saturated heterocycles. The van der Waals surface area contributed by atoms with Crippen LogP contribution >= 0.6 is 23.2 Å². The van der Waals surface area contributed by atoms with E-state index in [-0.39, 0.29) is 0 Å². The molecule has 5 heteroatoms. The molecule has 1 aromatic carbocycles. The fraction of sp³-hybridized carbons (Fsp3) is 0.214. The number of anilines is 3. The minimum absolute atomic E-state index is 0.609. The second-order valence-electron chi connectivity index (χ2n) is 4.08. The minimum Gasteiger partial charge on any atom is -0.370 e. The molecule has 0 fully saturated rings. The Kier molecular flexibility index (Phi) is 4.88. The van der Waals surface area contributed by atoms with E-state index in [1.807, 2.05) is 18.2 Å². The first-order valence-electron chi connectivity index (χ1n) is 6.12. The molecule has 19 heavy (non-hydrogen) atoms. The van der Waals surface area contributed by atoms with Crippen LogP contribution in [0, 0.1) is 0 Å². The van der Waals surface area contributed by atoms with Gasteiger partial charge in [0.25, 0.3) is 0 Å². The number of rotatable bonds is 5. The van der Waals surface area contributed by atoms with Crippen molar-refractivity contribution in [2.24, 2.45) is 0 Å². The number of benzene rings is 1. The number of pyridine rings is 1. The highest BCUT2D eigenvalue weighted by atomic mass is 35.5. The van der Waals surface area contributed by atoms with Gasteiger partial charge in [-0.3, -0.25) is 0 Å². The van der Waals surface area contributed by atoms with Gasteiger partial charge in [0.1, 0.15) is 11.6 Å². The molecule has 0 spiro atoms. The predicted molar refractivity (Wildman–Crippen MR) is 82.8 cm³/mol. The molecule has 2 N–H and O–H groups in total. The number of hydrogen-bond acceptors (Lipinski definition) is 3. The van der Waals surface area contributed by atoms with E-state index < -0.39 is 0 Å². The van der Waals surface area contributed by atoms with Crippen LogP contribution in [-0.4, -0.2) is 11.5 Å². The second kappa shape index (κ2) is 6.64. The van der Waals surface area contributed by atoms with Crippen molar-refractivity contribution in [2.75, 3.05) is 17.2 Å². The molecule has 0 atom stereocenters. The van der Waals surface area contributed by atoms with E-state index >= 15 is 0 Å². The lowest BCUT2D eigenvalue weighted by atomic mass is 10.3. The zero-order chi connectivity index (χ0) is 13.7. The lowest BCUT2D eigenvalue weighted by Crippen LogP contribution is -2.03. The van der Waals surface area contributed by atoms with Gasteiger partial charge in [-0.2, -0.15) is 0 Å². The first-order valence-corrected chi connectivity index (χ1v) is 6.87. The molecule has 0 saturated carbocycles. The van der Waals surface area contributed by atoms with Crippen molar-refractivity contribution in [1.82, 2.24) is 4.98 Å². The summed E-state index contributed by atoms with van der Waals surface area (Å²) in [5.41, 5.74) is 0.745. The predicted octanol–water partition coefficient (Wildman–Crippen LogP) is 4.95. The zero-order valence-electron chi connectivity index (χ0n) is 10.6. The Balaban J connectivity index is 2.16. The van der Waals surface area contributed by atoms with Gasteiger partial charge < -0.3 is 10.6 Å². The smallest absolute Gasteiger partial charge is 0.132 e. The van der Waals surface area contributed by atoms with Gasteiger partial charge in [0.05, 0.1) is 10.7 Å². The largest absolute Gasteiger partial charge is 0.370 e. The molecule has 0 bridgehead atoms. The Bertz CT molecular complexity index is 558. The van der Waals surface area contributed by atoms with Crippen molar-refractivity contribution in [2.45, 2.75) is 13.3 Å². The number of nitrogens with one attached hydrogen (secondary N) is 2. The van der Waals surface area contributed by atoms with Crippen LogP contribution in [0.4, 0.5) is 17.3 Å². The average molecular weight is 296 g/mol. The summed E-state index contributed by atoms with van der Waals surface area (Å²) in [5.74, 6) is 1.57. The van der Waals surface area contributed by atoms with E-state index in [1.165, 1.54) is 0 Å². The maximum atomic E-state index is 6.10. The molecule has 0 radical (unpaired) electrons. The van der Waals surface area contributed by atoms with Gasteiger partial charge in [0.2, 0.25) is 0 Å². The van der Waals surface area contributed by atoms with E-state index in [4.69, 9.17) is 23.2 Å². The quantitative estimate of drug-likeness (QED) is 0.819. The summed E-state index contributed by atoms with van der Waals surface area (Å²) in [6, 6.07) is 11.0. The number of nitrogens with zero attached hydrogens (tertiary/aromatic N) is 1. The van der Waals surface area contributed by atoms with Crippen LogP contribution in [0.1, 0.15) is 13.3 Å². The van der Waals surface area contributed by atoms with Gasteiger partial charge in [-0.25, -0.2) is 4.98 Å². The summed E-state index contributed by atoms with van der Waals surface area (Å²) in [4.78, 5) is 4.45. The summed E-state index contributed by atoms with van der Waals surface area (Å²) < 4.78 is 0. The Morgan fingerprint density at radius 3 is 2.68 bits per heavy atom.